The molecule has 0 saturated carbocycles. The second kappa shape index (κ2) is 10.9. The van der Waals surface area contributed by atoms with Crippen LogP contribution in [-0.2, 0) is 25.8 Å². The molecule has 1 fully saturated rings. The van der Waals surface area contributed by atoms with Gasteiger partial charge < -0.3 is 9.80 Å². The SMILES string of the molecule is Cc1cccc(F)c1N1CCC(N2Cc3cn(CC(C)(F)F)nc3N(Cc3c(Br)cccc3C(F)(F)F)C2=O)CC1. The fourth-order valence-corrected chi connectivity index (χ4v) is 6.14. The summed E-state index contributed by atoms with van der Waals surface area (Å²) in [5.74, 6) is -3.37. The Morgan fingerprint density at radius 2 is 1.73 bits per heavy atom. The maximum absolute atomic E-state index is 14.6. The average molecular weight is 644 g/mol. The molecular formula is C28H28BrF6N5O. The third-order valence-electron chi connectivity index (χ3n) is 7.48. The van der Waals surface area contributed by atoms with Gasteiger partial charge in [0.15, 0.2) is 5.82 Å². The lowest BCUT2D eigenvalue weighted by Crippen LogP contribution is -2.54. The number of amides is 2. The van der Waals surface area contributed by atoms with E-state index in [1.807, 2.05) is 17.9 Å². The van der Waals surface area contributed by atoms with Crippen molar-refractivity contribution in [1.82, 2.24) is 14.7 Å². The number of anilines is 2. The van der Waals surface area contributed by atoms with E-state index >= 15 is 0 Å². The first kappa shape index (κ1) is 29.3. The summed E-state index contributed by atoms with van der Waals surface area (Å²) in [5.41, 5.74) is 0.687. The largest absolute Gasteiger partial charge is 0.416 e. The monoisotopic (exact) mass is 643 g/mol. The summed E-state index contributed by atoms with van der Waals surface area (Å²) in [6.07, 6.45) is -2.27. The molecule has 6 nitrogen and oxygen atoms in total. The second-order valence-corrected chi connectivity index (χ2v) is 11.5. The molecule has 41 heavy (non-hydrogen) atoms. The number of hydrogen-bond acceptors (Lipinski definition) is 3. The molecule has 0 N–H and O–H groups in total. The number of nitrogens with zero attached hydrogens (tertiary/aromatic N) is 5. The number of halogens is 7. The van der Waals surface area contributed by atoms with E-state index in [1.165, 1.54) is 24.4 Å². The molecule has 1 aromatic heterocycles. The molecule has 0 atom stereocenters. The summed E-state index contributed by atoms with van der Waals surface area (Å²) < 4.78 is 85.1. The van der Waals surface area contributed by atoms with Gasteiger partial charge in [0, 0.05) is 42.3 Å². The van der Waals surface area contributed by atoms with Crippen LogP contribution in [0, 0.1) is 12.7 Å². The Balaban J connectivity index is 1.46. The Morgan fingerprint density at radius 1 is 1.05 bits per heavy atom. The van der Waals surface area contributed by atoms with Gasteiger partial charge in [-0.1, -0.05) is 34.1 Å². The van der Waals surface area contributed by atoms with Gasteiger partial charge in [-0.05, 0) is 49.1 Å². The van der Waals surface area contributed by atoms with Gasteiger partial charge in [-0.3, -0.25) is 9.58 Å². The van der Waals surface area contributed by atoms with Crippen molar-refractivity contribution in [2.24, 2.45) is 0 Å². The molecule has 5 rings (SSSR count). The van der Waals surface area contributed by atoms with Gasteiger partial charge >= 0.3 is 12.2 Å². The van der Waals surface area contributed by atoms with Crippen molar-refractivity contribution < 1.29 is 31.1 Å². The highest BCUT2D eigenvalue weighted by atomic mass is 79.9. The smallest absolute Gasteiger partial charge is 0.369 e. The molecule has 2 amide bonds. The number of aromatic nitrogens is 2. The third kappa shape index (κ3) is 6.05. The molecule has 220 valence electrons. The number of hydrogen-bond donors (Lipinski definition) is 0. The lowest BCUT2D eigenvalue weighted by atomic mass is 10.00. The molecule has 13 heteroatoms. The van der Waals surface area contributed by atoms with Gasteiger partial charge in [0.05, 0.1) is 24.3 Å². The first-order valence-corrected chi connectivity index (χ1v) is 13.9. The fourth-order valence-electron chi connectivity index (χ4n) is 5.65. The van der Waals surface area contributed by atoms with Crippen LogP contribution in [0.2, 0.25) is 0 Å². The number of alkyl halides is 5. The van der Waals surface area contributed by atoms with Crippen molar-refractivity contribution >= 4 is 33.5 Å². The molecule has 3 aromatic rings. The third-order valence-corrected chi connectivity index (χ3v) is 8.22. The minimum atomic E-state index is -4.68. The maximum atomic E-state index is 14.6. The van der Waals surface area contributed by atoms with Crippen LogP contribution in [0.15, 0.2) is 47.1 Å². The Morgan fingerprint density at radius 3 is 2.37 bits per heavy atom. The van der Waals surface area contributed by atoms with Gasteiger partial charge in [0.1, 0.15) is 12.4 Å². The zero-order valence-corrected chi connectivity index (χ0v) is 23.9. The van der Waals surface area contributed by atoms with Crippen molar-refractivity contribution in [2.75, 3.05) is 22.9 Å². The Labute approximate surface area is 241 Å². The summed E-state index contributed by atoms with van der Waals surface area (Å²) in [7, 11) is 0. The quantitative estimate of drug-likeness (QED) is 0.263. The normalized spacial score (nSPS) is 16.9. The van der Waals surface area contributed by atoms with Crippen LogP contribution < -0.4 is 9.80 Å². The Bertz CT molecular complexity index is 1420. The molecule has 0 spiro atoms. The van der Waals surface area contributed by atoms with Crippen molar-refractivity contribution in [3.63, 3.8) is 0 Å². The molecule has 0 unspecified atom stereocenters. The number of benzene rings is 2. The van der Waals surface area contributed by atoms with Crippen molar-refractivity contribution in [3.05, 3.63) is 75.1 Å². The van der Waals surface area contributed by atoms with E-state index in [9.17, 15) is 31.1 Å². The Kier molecular flexibility index (Phi) is 7.77. The number of carbonyl (C=O) groups excluding carboxylic acids is 1. The summed E-state index contributed by atoms with van der Waals surface area (Å²) in [5, 5.41) is 4.21. The highest BCUT2D eigenvalue weighted by Crippen LogP contribution is 2.39. The average Bonchev–Trinajstić information content (AvgIpc) is 3.26. The molecule has 0 bridgehead atoms. The van der Waals surface area contributed by atoms with Crippen LogP contribution in [0.4, 0.5) is 42.6 Å². The molecular weight excluding hydrogens is 616 g/mol. The highest BCUT2D eigenvalue weighted by Gasteiger charge is 2.41. The van der Waals surface area contributed by atoms with E-state index in [2.05, 4.69) is 21.0 Å². The zero-order valence-electron chi connectivity index (χ0n) is 22.4. The lowest BCUT2D eigenvalue weighted by molar-refractivity contribution is -0.138. The number of fused-ring (bicyclic) bond motifs is 1. The van der Waals surface area contributed by atoms with E-state index in [0.717, 1.165) is 28.1 Å². The van der Waals surface area contributed by atoms with E-state index in [0.29, 0.717) is 37.2 Å². The predicted molar refractivity (Wildman–Crippen MR) is 145 cm³/mol. The molecule has 0 radical (unpaired) electrons. The number of piperidine rings is 1. The van der Waals surface area contributed by atoms with Crippen LogP contribution in [0.3, 0.4) is 0 Å². The minimum Gasteiger partial charge on any atom is -0.369 e. The van der Waals surface area contributed by atoms with Gasteiger partial charge in [-0.25, -0.2) is 18.0 Å². The first-order valence-electron chi connectivity index (χ1n) is 13.1. The highest BCUT2D eigenvalue weighted by molar-refractivity contribution is 9.10. The van der Waals surface area contributed by atoms with Crippen molar-refractivity contribution in [3.8, 4) is 0 Å². The first-order chi connectivity index (χ1) is 19.2. The Hall–Kier alpha value is -3.22. The minimum absolute atomic E-state index is 0.0544. The van der Waals surface area contributed by atoms with E-state index < -0.39 is 36.8 Å². The van der Waals surface area contributed by atoms with E-state index in [-0.39, 0.29) is 34.3 Å². The fraction of sp³-hybridized carbons (Fsp3) is 0.429. The molecule has 2 aliphatic heterocycles. The van der Waals surface area contributed by atoms with Crippen LogP contribution in [0.5, 0.6) is 0 Å². The topological polar surface area (TPSA) is 44.6 Å². The molecule has 2 aromatic carbocycles. The zero-order chi connectivity index (χ0) is 29.7. The number of carbonyl (C=O) groups is 1. The van der Waals surface area contributed by atoms with Crippen molar-refractivity contribution in [2.45, 2.75) is 64.5 Å². The molecule has 3 heterocycles. The summed E-state index contributed by atoms with van der Waals surface area (Å²) in [6, 6.07) is 7.66. The molecule has 1 saturated heterocycles. The summed E-state index contributed by atoms with van der Waals surface area (Å²) in [4.78, 5) is 18.5. The van der Waals surface area contributed by atoms with E-state index in [1.54, 1.807) is 11.0 Å². The second-order valence-electron chi connectivity index (χ2n) is 10.6. The van der Waals surface area contributed by atoms with E-state index in [4.69, 9.17) is 0 Å². The van der Waals surface area contributed by atoms with Crippen LogP contribution >= 0.6 is 15.9 Å². The van der Waals surface area contributed by atoms with Gasteiger partial charge in [-0.2, -0.15) is 18.3 Å². The van der Waals surface area contributed by atoms with Crippen molar-refractivity contribution in [1.29, 1.82) is 0 Å². The van der Waals surface area contributed by atoms with Gasteiger partial charge in [-0.15, -0.1) is 0 Å². The predicted octanol–water partition coefficient (Wildman–Crippen LogP) is 7.38. The molecule has 2 aliphatic rings. The van der Waals surface area contributed by atoms with Gasteiger partial charge in [0.25, 0.3) is 5.92 Å². The van der Waals surface area contributed by atoms with Crippen LogP contribution in [0.1, 0.15) is 42.0 Å². The summed E-state index contributed by atoms with van der Waals surface area (Å²) in [6.45, 7) is 2.36. The standard InChI is InChI=1S/C28H28BrF6N5O/c1-17-5-3-8-23(30)24(17)37-11-9-19(10-12-37)39-14-18-13-38(16-27(2,31)32)36-25(18)40(26(39)41)15-20-21(28(33,34)35)6-4-7-22(20)29/h3-8,13,19H,9-12,14-16H2,1-2H3. The summed E-state index contributed by atoms with van der Waals surface area (Å²) >= 11 is 3.19. The number of rotatable bonds is 6. The number of para-hydroxylation sites is 1. The number of aryl methyl sites for hydroxylation is 1. The number of urea groups is 1. The maximum Gasteiger partial charge on any atom is 0.416 e. The lowest BCUT2D eigenvalue weighted by Gasteiger charge is -2.43. The van der Waals surface area contributed by atoms with Crippen LogP contribution in [-0.4, -0.2) is 45.8 Å². The van der Waals surface area contributed by atoms with Gasteiger partial charge in [0.2, 0.25) is 0 Å². The molecule has 0 aliphatic carbocycles. The van der Waals surface area contributed by atoms with Crippen LogP contribution in [0.25, 0.3) is 0 Å².